The van der Waals surface area contributed by atoms with Gasteiger partial charge >= 0.3 is 23.9 Å². The fraction of sp³-hybridized carbons (Fsp3) is 0.256. The fourth-order valence-corrected chi connectivity index (χ4v) is 4.86. The summed E-state index contributed by atoms with van der Waals surface area (Å²) in [5, 5.41) is 17.1. The van der Waals surface area contributed by atoms with Crippen LogP contribution in [0.15, 0.2) is 109 Å². The Kier molecular flexibility index (Phi) is 16.4. The molecule has 264 valence electrons. The van der Waals surface area contributed by atoms with Gasteiger partial charge in [0.15, 0.2) is 5.78 Å². The summed E-state index contributed by atoms with van der Waals surface area (Å²) >= 11 is 0. The van der Waals surface area contributed by atoms with E-state index in [1.165, 1.54) is 36.4 Å². The predicted octanol–water partition coefficient (Wildman–Crippen LogP) is 6.61. The number of benzene rings is 3. The summed E-state index contributed by atoms with van der Waals surface area (Å²) in [5.74, 6) is -2.16. The number of carboxylic acid groups (broad SMARTS) is 2. The average Bonchev–Trinajstić information content (AvgIpc) is 3.10. The van der Waals surface area contributed by atoms with Crippen molar-refractivity contribution < 1.29 is 53.1 Å². The van der Waals surface area contributed by atoms with Gasteiger partial charge in [-0.25, -0.2) is 19.2 Å². The van der Waals surface area contributed by atoms with E-state index in [1.54, 1.807) is 57.2 Å². The molecule has 0 unspecified atom stereocenters. The van der Waals surface area contributed by atoms with E-state index in [-0.39, 0.29) is 43.3 Å². The normalized spacial score (nSPS) is 11.8. The van der Waals surface area contributed by atoms with E-state index in [0.29, 0.717) is 23.5 Å². The van der Waals surface area contributed by atoms with Gasteiger partial charge in [-0.2, -0.15) is 0 Å². The topological polar surface area (TPSA) is 163 Å². The maximum Gasteiger partial charge on any atom is 0.336 e. The van der Waals surface area contributed by atoms with Gasteiger partial charge in [-0.05, 0) is 80.3 Å². The summed E-state index contributed by atoms with van der Waals surface area (Å²) < 4.78 is 21.4. The minimum atomic E-state index is -1.23. The van der Waals surface area contributed by atoms with E-state index >= 15 is 0 Å². The molecular weight excluding hydrogens is 644 g/mol. The van der Waals surface area contributed by atoms with Gasteiger partial charge in [0.1, 0.15) is 37.9 Å². The second-order valence-electron chi connectivity index (χ2n) is 10.6. The third kappa shape index (κ3) is 11.6. The summed E-state index contributed by atoms with van der Waals surface area (Å²) in [5.41, 5.74) is 0.759. The highest BCUT2D eigenvalue weighted by molar-refractivity contribution is 6.05. The van der Waals surface area contributed by atoms with E-state index in [1.807, 2.05) is 31.2 Å². The third-order valence-electron chi connectivity index (χ3n) is 7.19. The fourth-order valence-electron chi connectivity index (χ4n) is 4.86. The predicted molar refractivity (Wildman–Crippen MR) is 187 cm³/mol. The molecule has 0 aliphatic heterocycles. The zero-order valence-electron chi connectivity index (χ0n) is 28.5. The van der Waals surface area contributed by atoms with Gasteiger partial charge in [0.05, 0.1) is 16.5 Å². The third-order valence-corrected chi connectivity index (χ3v) is 7.19. The number of carbonyl (C=O) groups excluding carboxylic acids is 3. The van der Waals surface area contributed by atoms with Gasteiger partial charge in [0.2, 0.25) is 0 Å². The Bertz CT molecular complexity index is 1580. The molecule has 3 aromatic rings. The van der Waals surface area contributed by atoms with Crippen molar-refractivity contribution in [1.82, 2.24) is 0 Å². The van der Waals surface area contributed by atoms with Crippen LogP contribution in [0.3, 0.4) is 0 Å². The molecule has 0 heterocycles. The van der Waals surface area contributed by atoms with E-state index < -0.39 is 29.3 Å². The number of hydrogen-bond donors (Lipinski definition) is 2. The molecule has 3 aromatic carbocycles. The van der Waals surface area contributed by atoms with E-state index in [0.717, 1.165) is 11.1 Å². The first kappa shape index (κ1) is 40.2. The van der Waals surface area contributed by atoms with Crippen molar-refractivity contribution in [3.63, 3.8) is 0 Å². The van der Waals surface area contributed by atoms with Crippen LogP contribution < -0.4 is 9.47 Å². The van der Waals surface area contributed by atoms with E-state index in [2.05, 4.69) is 6.58 Å². The Morgan fingerprint density at radius 3 is 1.34 bits per heavy atom. The van der Waals surface area contributed by atoms with Crippen LogP contribution in [0.2, 0.25) is 0 Å². The highest BCUT2D eigenvalue weighted by Crippen LogP contribution is 2.39. The molecule has 0 amide bonds. The molecule has 3 rings (SSSR count). The van der Waals surface area contributed by atoms with Crippen molar-refractivity contribution in [3.05, 3.63) is 132 Å². The molecule has 0 bridgehead atoms. The first-order chi connectivity index (χ1) is 23.9. The van der Waals surface area contributed by atoms with Crippen molar-refractivity contribution >= 4 is 29.7 Å². The number of hydrogen-bond acceptors (Lipinski definition) is 9. The SMILES string of the molecule is C=C(C)C(=O)C(CC)(c1ccc(OCCOC(=O)C=CC)cc1)c1ccc(OCCOC(=O)C=CC)cc1.O=C(O)c1ccccc1C(=O)O. The highest BCUT2D eigenvalue weighted by atomic mass is 16.6. The number of ether oxygens (including phenoxy) is 4. The summed E-state index contributed by atoms with van der Waals surface area (Å²) in [4.78, 5) is 57.3. The molecule has 0 atom stereocenters. The zero-order valence-corrected chi connectivity index (χ0v) is 28.5. The van der Waals surface area contributed by atoms with Crippen LogP contribution in [-0.2, 0) is 29.3 Å². The molecule has 50 heavy (non-hydrogen) atoms. The van der Waals surface area contributed by atoms with Gasteiger partial charge in [0.25, 0.3) is 0 Å². The summed E-state index contributed by atoms with van der Waals surface area (Å²) in [7, 11) is 0. The number of esters is 2. The van der Waals surface area contributed by atoms with E-state index in [9.17, 15) is 24.0 Å². The molecule has 0 aromatic heterocycles. The second kappa shape index (κ2) is 20.4. The molecule has 0 aliphatic carbocycles. The highest BCUT2D eigenvalue weighted by Gasteiger charge is 2.40. The molecule has 2 N–H and O–H groups in total. The van der Waals surface area contributed by atoms with Crippen molar-refractivity contribution in [1.29, 1.82) is 0 Å². The molecule has 0 saturated carbocycles. The molecule has 0 radical (unpaired) electrons. The maximum absolute atomic E-state index is 13.6. The summed E-state index contributed by atoms with van der Waals surface area (Å²) in [6, 6.07) is 20.1. The van der Waals surface area contributed by atoms with Crippen LogP contribution >= 0.6 is 0 Å². The molecule has 0 spiro atoms. The van der Waals surface area contributed by atoms with Crippen LogP contribution in [-0.4, -0.2) is 66.3 Å². The Hall–Kier alpha value is -5.97. The minimum absolute atomic E-state index is 0.0749. The number of ketones is 1. The Balaban J connectivity index is 0.000000606. The van der Waals surface area contributed by atoms with Gasteiger partial charge in [-0.1, -0.05) is 62.1 Å². The lowest BCUT2D eigenvalue weighted by atomic mass is 9.68. The minimum Gasteiger partial charge on any atom is -0.490 e. The van der Waals surface area contributed by atoms with Crippen LogP contribution in [0.1, 0.15) is 66.0 Å². The lowest BCUT2D eigenvalue weighted by molar-refractivity contribution is -0.139. The van der Waals surface area contributed by atoms with Gasteiger partial charge in [0, 0.05) is 12.2 Å². The Labute approximate surface area is 291 Å². The smallest absolute Gasteiger partial charge is 0.336 e. The van der Waals surface area contributed by atoms with Crippen molar-refractivity contribution in [2.75, 3.05) is 26.4 Å². The van der Waals surface area contributed by atoms with Crippen LogP contribution in [0, 0.1) is 0 Å². The average molecular weight is 687 g/mol. The number of allylic oxidation sites excluding steroid dienone is 3. The van der Waals surface area contributed by atoms with Crippen LogP contribution in [0.25, 0.3) is 0 Å². The van der Waals surface area contributed by atoms with Gasteiger partial charge in [-0.15, -0.1) is 0 Å². The number of Topliss-reactive ketones (excluding diaryl/α,β-unsaturated/α-hetero) is 1. The van der Waals surface area contributed by atoms with Gasteiger partial charge < -0.3 is 29.2 Å². The Morgan fingerprint density at radius 2 is 1.04 bits per heavy atom. The molecule has 0 saturated heterocycles. The summed E-state index contributed by atoms with van der Waals surface area (Å²) in [6.07, 6.45) is 6.43. The lowest BCUT2D eigenvalue weighted by Crippen LogP contribution is -2.37. The van der Waals surface area contributed by atoms with Crippen LogP contribution in [0.5, 0.6) is 11.5 Å². The summed E-state index contributed by atoms with van der Waals surface area (Å²) in [6.45, 7) is 11.8. The van der Waals surface area contributed by atoms with E-state index in [4.69, 9.17) is 29.2 Å². The van der Waals surface area contributed by atoms with Crippen molar-refractivity contribution in [2.24, 2.45) is 0 Å². The molecule has 11 heteroatoms. The van der Waals surface area contributed by atoms with Crippen LogP contribution in [0.4, 0.5) is 0 Å². The number of aromatic carboxylic acids is 2. The molecular formula is C39H42O11. The lowest BCUT2D eigenvalue weighted by Gasteiger charge is -2.33. The zero-order chi connectivity index (χ0) is 37.1. The maximum atomic E-state index is 13.6. The molecule has 0 fully saturated rings. The standard InChI is InChI=1S/C31H36O7.C8H6O4/c1-6-9-28(32)37-21-19-35-26-15-11-24(12-16-26)31(8-3,30(34)23(4)5)25-13-17-27(18-14-25)36-20-22-38-29(33)10-7-2;9-7(10)5-3-1-2-4-6(5)8(11)12/h6-7,9-18H,4,8,19-22H2,1-3,5H3;1-4H,(H,9,10)(H,11,12). The van der Waals surface area contributed by atoms with Crippen molar-refractivity contribution in [2.45, 2.75) is 39.5 Å². The second-order valence-corrected chi connectivity index (χ2v) is 10.6. The quantitative estimate of drug-likeness (QED) is 0.0893. The first-order valence-corrected chi connectivity index (χ1v) is 15.7. The molecule has 0 aliphatic rings. The van der Waals surface area contributed by atoms with Crippen molar-refractivity contribution in [3.8, 4) is 11.5 Å². The Morgan fingerprint density at radius 1 is 0.660 bits per heavy atom. The largest absolute Gasteiger partial charge is 0.490 e. The number of carboxylic acids is 2. The monoisotopic (exact) mass is 686 g/mol. The molecule has 11 nitrogen and oxygen atoms in total. The number of rotatable bonds is 17. The number of carbonyl (C=O) groups is 5. The first-order valence-electron chi connectivity index (χ1n) is 15.7. The van der Waals surface area contributed by atoms with Gasteiger partial charge in [-0.3, -0.25) is 4.79 Å².